The van der Waals surface area contributed by atoms with Gasteiger partial charge in [0.25, 0.3) is 0 Å². The lowest BCUT2D eigenvalue weighted by atomic mass is 9.99. The lowest BCUT2D eigenvalue weighted by Crippen LogP contribution is -2.34. The molecule has 18 heavy (non-hydrogen) atoms. The van der Waals surface area contributed by atoms with Crippen LogP contribution in [0.1, 0.15) is 22.3 Å². The van der Waals surface area contributed by atoms with Crippen molar-refractivity contribution in [2.45, 2.75) is 27.3 Å². The van der Waals surface area contributed by atoms with Gasteiger partial charge >= 0.3 is 0 Å². The zero-order valence-electron chi connectivity index (χ0n) is 12.4. The molecular weight excluding hydrogens is 224 g/mol. The Hall–Kier alpha value is -1.35. The average molecular weight is 248 g/mol. The SMILES string of the molecule is Cc1cc(C)c(CN(C)CC(=O)N(C)C)c(C)c1. The molecule has 100 valence electrons. The average Bonchev–Trinajstić information content (AvgIpc) is 2.23. The highest BCUT2D eigenvalue weighted by Gasteiger charge is 2.11. The summed E-state index contributed by atoms with van der Waals surface area (Å²) in [5, 5.41) is 0. The van der Waals surface area contributed by atoms with Crippen LogP contribution in [-0.2, 0) is 11.3 Å². The second kappa shape index (κ2) is 6.01. The van der Waals surface area contributed by atoms with E-state index in [1.807, 2.05) is 7.05 Å². The van der Waals surface area contributed by atoms with Gasteiger partial charge in [-0.05, 0) is 44.5 Å². The Labute approximate surface area is 110 Å². The molecule has 0 heterocycles. The normalized spacial score (nSPS) is 10.8. The van der Waals surface area contributed by atoms with Gasteiger partial charge in [0, 0.05) is 20.6 Å². The number of aryl methyl sites for hydroxylation is 3. The smallest absolute Gasteiger partial charge is 0.236 e. The molecule has 3 nitrogen and oxygen atoms in total. The maximum atomic E-state index is 11.7. The fourth-order valence-corrected chi connectivity index (χ4v) is 2.16. The number of hydrogen-bond acceptors (Lipinski definition) is 2. The van der Waals surface area contributed by atoms with E-state index >= 15 is 0 Å². The van der Waals surface area contributed by atoms with Crippen molar-refractivity contribution in [1.82, 2.24) is 9.80 Å². The number of carbonyl (C=O) groups is 1. The Balaban J connectivity index is 2.76. The summed E-state index contributed by atoms with van der Waals surface area (Å²) in [5.74, 6) is 0.139. The third kappa shape index (κ3) is 3.84. The molecule has 1 aromatic carbocycles. The Kier molecular flexibility index (Phi) is 4.91. The molecule has 0 spiro atoms. The zero-order valence-corrected chi connectivity index (χ0v) is 12.4. The van der Waals surface area contributed by atoms with E-state index in [-0.39, 0.29) is 5.91 Å². The monoisotopic (exact) mass is 248 g/mol. The van der Waals surface area contributed by atoms with Gasteiger partial charge in [0.1, 0.15) is 0 Å². The predicted octanol–water partition coefficient (Wildman–Crippen LogP) is 2.13. The van der Waals surface area contributed by atoms with E-state index in [4.69, 9.17) is 0 Å². The minimum atomic E-state index is 0.139. The molecule has 0 saturated heterocycles. The molecule has 0 atom stereocenters. The molecule has 0 radical (unpaired) electrons. The first-order valence-electron chi connectivity index (χ1n) is 6.26. The highest BCUT2D eigenvalue weighted by Crippen LogP contribution is 2.17. The van der Waals surface area contributed by atoms with Gasteiger partial charge in [-0.1, -0.05) is 17.7 Å². The van der Waals surface area contributed by atoms with E-state index in [0.29, 0.717) is 6.54 Å². The summed E-state index contributed by atoms with van der Waals surface area (Å²) in [4.78, 5) is 15.3. The van der Waals surface area contributed by atoms with Crippen molar-refractivity contribution in [2.75, 3.05) is 27.7 Å². The second-order valence-corrected chi connectivity index (χ2v) is 5.34. The number of rotatable bonds is 4. The molecule has 0 aliphatic rings. The maximum absolute atomic E-state index is 11.7. The molecule has 0 unspecified atom stereocenters. The van der Waals surface area contributed by atoms with E-state index in [1.54, 1.807) is 19.0 Å². The third-order valence-corrected chi connectivity index (χ3v) is 3.17. The van der Waals surface area contributed by atoms with Gasteiger partial charge in [-0.25, -0.2) is 0 Å². The summed E-state index contributed by atoms with van der Waals surface area (Å²) in [6.45, 7) is 7.66. The highest BCUT2D eigenvalue weighted by molar-refractivity contribution is 5.77. The molecule has 1 rings (SSSR count). The molecule has 0 saturated carbocycles. The van der Waals surface area contributed by atoms with Crippen molar-refractivity contribution in [3.05, 3.63) is 34.4 Å². The van der Waals surface area contributed by atoms with E-state index < -0.39 is 0 Å². The minimum absolute atomic E-state index is 0.139. The molecule has 0 aliphatic carbocycles. The van der Waals surface area contributed by atoms with Crippen LogP contribution in [0.3, 0.4) is 0 Å². The molecule has 0 aliphatic heterocycles. The number of nitrogens with zero attached hydrogens (tertiary/aromatic N) is 2. The van der Waals surface area contributed by atoms with Crippen LogP contribution in [0.2, 0.25) is 0 Å². The fourth-order valence-electron chi connectivity index (χ4n) is 2.16. The third-order valence-electron chi connectivity index (χ3n) is 3.17. The van der Waals surface area contributed by atoms with Gasteiger partial charge in [-0.2, -0.15) is 0 Å². The van der Waals surface area contributed by atoms with Crippen molar-refractivity contribution in [3.63, 3.8) is 0 Å². The summed E-state index contributed by atoms with van der Waals surface area (Å²) in [6, 6.07) is 4.40. The lowest BCUT2D eigenvalue weighted by Gasteiger charge is -2.21. The van der Waals surface area contributed by atoms with Gasteiger partial charge in [0.05, 0.1) is 6.54 Å². The number of amides is 1. The van der Waals surface area contributed by atoms with Crippen LogP contribution in [-0.4, -0.2) is 43.4 Å². The zero-order chi connectivity index (χ0) is 13.9. The van der Waals surface area contributed by atoms with Crippen LogP contribution in [0, 0.1) is 20.8 Å². The van der Waals surface area contributed by atoms with Crippen LogP contribution in [0.4, 0.5) is 0 Å². The number of benzene rings is 1. The number of carbonyl (C=O) groups excluding carboxylic acids is 1. The molecule has 0 bridgehead atoms. The number of likely N-dealkylation sites (N-methyl/N-ethyl adjacent to an activating group) is 2. The predicted molar refractivity (Wildman–Crippen MR) is 75.7 cm³/mol. The Bertz CT molecular complexity index is 415. The van der Waals surface area contributed by atoms with Crippen molar-refractivity contribution in [1.29, 1.82) is 0 Å². The van der Waals surface area contributed by atoms with Gasteiger partial charge in [-0.15, -0.1) is 0 Å². The minimum Gasteiger partial charge on any atom is -0.348 e. The maximum Gasteiger partial charge on any atom is 0.236 e. The Morgan fingerprint density at radius 2 is 1.56 bits per heavy atom. The van der Waals surface area contributed by atoms with E-state index in [0.717, 1.165) is 6.54 Å². The molecule has 1 aromatic rings. The van der Waals surface area contributed by atoms with Crippen molar-refractivity contribution < 1.29 is 4.79 Å². The van der Waals surface area contributed by atoms with Crippen LogP contribution < -0.4 is 0 Å². The first-order chi connectivity index (χ1) is 8.31. The topological polar surface area (TPSA) is 23.6 Å². The van der Waals surface area contributed by atoms with Gasteiger partial charge < -0.3 is 4.90 Å². The Morgan fingerprint density at radius 1 is 1.06 bits per heavy atom. The number of hydrogen-bond donors (Lipinski definition) is 0. The molecule has 0 aromatic heterocycles. The molecule has 0 fully saturated rings. The quantitative estimate of drug-likeness (QED) is 0.815. The molecule has 3 heteroatoms. The first-order valence-corrected chi connectivity index (χ1v) is 6.26. The largest absolute Gasteiger partial charge is 0.348 e. The van der Waals surface area contributed by atoms with Crippen LogP contribution >= 0.6 is 0 Å². The van der Waals surface area contributed by atoms with Crippen molar-refractivity contribution >= 4 is 5.91 Å². The van der Waals surface area contributed by atoms with Gasteiger partial charge in [-0.3, -0.25) is 9.69 Å². The first kappa shape index (κ1) is 14.7. The highest BCUT2D eigenvalue weighted by atomic mass is 16.2. The van der Waals surface area contributed by atoms with E-state index in [1.165, 1.54) is 22.3 Å². The second-order valence-electron chi connectivity index (χ2n) is 5.34. The standard InChI is InChI=1S/C15H24N2O/c1-11-7-12(2)14(13(3)8-11)9-17(6)10-15(18)16(4)5/h7-8H,9-10H2,1-6H3. The van der Waals surface area contributed by atoms with Crippen LogP contribution in [0.25, 0.3) is 0 Å². The lowest BCUT2D eigenvalue weighted by molar-refractivity contribution is -0.129. The summed E-state index contributed by atoms with van der Waals surface area (Å²) in [7, 11) is 5.57. The van der Waals surface area contributed by atoms with Gasteiger partial charge in [0.2, 0.25) is 5.91 Å². The molecule has 0 N–H and O–H groups in total. The summed E-state index contributed by atoms with van der Waals surface area (Å²) in [6.07, 6.45) is 0. The van der Waals surface area contributed by atoms with Crippen molar-refractivity contribution in [2.24, 2.45) is 0 Å². The van der Waals surface area contributed by atoms with E-state index in [2.05, 4.69) is 37.8 Å². The van der Waals surface area contributed by atoms with E-state index in [9.17, 15) is 4.79 Å². The van der Waals surface area contributed by atoms with Crippen LogP contribution in [0.15, 0.2) is 12.1 Å². The Morgan fingerprint density at radius 3 is 2.00 bits per heavy atom. The molecular formula is C15H24N2O. The fraction of sp³-hybridized carbons (Fsp3) is 0.533. The molecule has 1 amide bonds. The summed E-state index contributed by atoms with van der Waals surface area (Å²) in [5.41, 5.74) is 5.23. The summed E-state index contributed by atoms with van der Waals surface area (Å²) >= 11 is 0. The summed E-state index contributed by atoms with van der Waals surface area (Å²) < 4.78 is 0. The van der Waals surface area contributed by atoms with Crippen LogP contribution in [0.5, 0.6) is 0 Å². The van der Waals surface area contributed by atoms with Gasteiger partial charge in [0.15, 0.2) is 0 Å². The van der Waals surface area contributed by atoms with Crippen molar-refractivity contribution in [3.8, 4) is 0 Å².